The average Bonchev–Trinajstić information content (AvgIpc) is 2.59. The lowest BCUT2D eigenvalue weighted by atomic mass is 10.1. The third-order valence-electron chi connectivity index (χ3n) is 2.16. The topological polar surface area (TPSA) is 67.2 Å². The summed E-state index contributed by atoms with van der Waals surface area (Å²) in [5.74, 6) is -0.865. The van der Waals surface area contributed by atoms with Crippen LogP contribution in [0.25, 0.3) is 0 Å². The normalized spacial score (nSPS) is 14.9. The van der Waals surface area contributed by atoms with E-state index < -0.39 is 12.0 Å². The van der Waals surface area contributed by atoms with Gasteiger partial charge in [-0.3, -0.25) is 9.48 Å². The Kier molecular flexibility index (Phi) is 4.28. The van der Waals surface area contributed by atoms with E-state index >= 15 is 0 Å². The summed E-state index contributed by atoms with van der Waals surface area (Å²) in [6, 6.07) is -0.851. The molecular weight excluding hydrogens is 262 g/mol. The van der Waals surface area contributed by atoms with Crippen molar-refractivity contribution < 1.29 is 9.90 Å². The molecule has 1 aromatic heterocycles. The van der Waals surface area contributed by atoms with E-state index in [1.54, 1.807) is 17.1 Å². The minimum absolute atomic E-state index is 0.228. The van der Waals surface area contributed by atoms with Crippen molar-refractivity contribution in [2.24, 2.45) is 0 Å². The summed E-state index contributed by atoms with van der Waals surface area (Å²) in [4.78, 5) is 11.0. The summed E-state index contributed by atoms with van der Waals surface area (Å²) in [6.45, 7) is 4.31. The van der Waals surface area contributed by atoms with Crippen molar-refractivity contribution in [2.75, 3.05) is 6.54 Å². The maximum absolute atomic E-state index is 11.0. The van der Waals surface area contributed by atoms with E-state index in [4.69, 9.17) is 5.11 Å². The molecule has 1 heterocycles. The maximum Gasteiger partial charge on any atom is 0.322 e. The average molecular weight is 276 g/mol. The zero-order chi connectivity index (χ0) is 11.4. The first kappa shape index (κ1) is 12.2. The summed E-state index contributed by atoms with van der Waals surface area (Å²) in [7, 11) is 0. The van der Waals surface area contributed by atoms with Gasteiger partial charge in [-0.2, -0.15) is 5.10 Å². The number of rotatable bonds is 5. The first-order chi connectivity index (χ1) is 7.06. The van der Waals surface area contributed by atoms with Gasteiger partial charge in [-0.25, -0.2) is 0 Å². The number of likely N-dealkylation sites (N-methyl/N-ethyl adjacent to an activating group) is 1. The molecule has 2 unspecified atom stereocenters. The van der Waals surface area contributed by atoms with Crippen LogP contribution in [-0.2, 0) is 4.79 Å². The largest absolute Gasteiger partial charge is 0.480 e. The molecule has 0 saturated heterocycles. The van der Waals surface area contributed by atoms with Gasteiger partial charge in [-0.1, -0.05) is 6.92 Å². The molecule has 15 heavy (non-hydrogen) atoms. The summed E-state index contributed by atoms with van der Waals surface area (Å²) in [5, 5.41) is 16.0. The van der Waals surface area contributed by atoms with Crippen LogP contribution >= 0.6 is 15.9 Å². The van der Waals surface area contributed by atoms with Gasteiger partial charge in [-0.05, 0) is 29.4 Å². The molecule has 5 nitrogen and oxygen atoms in total. The second-order valence-electron chi connectivity index (χ2n) is 3.25. The van der Waals surface area contributed by atoms with Crippen molar-refractivity contribution in [3.05, 3.63) is 16.9 Å². The SMILES string of the molecule is CCNC(C(=O)O)C(C)n1cc(Br)cn1. The molecule has 0 aliphatic heterocycles. The van der Waals surface area contributed by atoms with E-state index in [1.165, 1.54) is 0 Å². The van der Waals surface area contributed by atoms with Crippen LogP contribution in [0.5, 0.6) is 0 Å². The van der Waals surface area contributed by atoms with Crippen molar-refractivity contribution in [1.82, 2.24) is 15.1 Å². The lowest BCUT2D eigenvalue weighted by molar-refractivity contribution is -0.140. The highest BCUT2D eigenvalue weighted by Gasteiger charge is 2.25. The molecular formula is C9H14BrN3O2. The van der Waals surface area contributed by atoms with Gasteiger partial charge in [0.25, 0.3) is 0 Å². The highest BCUT2D eigenvalue weighted by atomic mass is 79.9. The molecule has 1 rings (SSSR count). The molecule has 84 valence electrons. The van der Waals surface area contributed by atoms with Crippen molar-refractivity contribution >= 4 is 21.9 Å². The molecule has 0 aromatic carbocycles. The number of aromatic nitrogens is 2. The molecule has 0 radical (unpaired) electrons. The standard InChI is InChI=1S/C9H14BrN3O2/c1-3-11-8(9(14)15)6(2)13-5-7(10)4-12-13/h4-6,8,11H,3H2,1-2H3,(H,14,15). The molecule has 0 fully saturated rings. The number of carbonyl (C=O) groups is 1. The summed E-state index contributed by atoms with van der Waals surface area (Å²) < 4.78 is 2.47. The molecule has 2 N–H and O–H groups in total. The third kappa shape index (κ3) is 3.04. The maximum atomic E-state index is 11.0. The van der Waals surface area contributed by atoms with Gasteiger partial charge < -0.3 is 10.4 Å². The first-order valence-electron chi connectivity index (χ1n) is 4.72. The van der Waals surface area contributed by atoms with Gasteiger partial charge in [0.1, 0.15) is 6.04 Å². The van der Waals surface area contributed by atoms with Crippen molar-refractivity contribution in [3.8, 4) is 0 Å². The minimum atomic E-state index is -0.865. The fraction of sp³-hybridized carbons (Fsp3) is 0.556. The van der Waals surface area contributed by atoms with E-state index in [-0.39, 0.29) is 6.04 Å². The van der Waals surface area contributed by atoms with Crippen LogP contribution in [0.15, 0.2) is 16.9 Å². The molecule has 2 atom stereocenters. The van der Waals surface area contributed by atoms with E-state index in [0.717, 1.165) is 4.47 Å². The Morgan fingerprint density at radius 2 is 2.47 bits per heavy atom. The van der Waals surface area contributed by atoms with Crippen LogP contribution in [0, 0.1) is 0 Å². The van der Waals surface area contributed by atoms with Gasteiger partial charge in [0.2, 0.25) is 0 Å². The molecule has 0 aliphatic carbocycles. The van der Waals surface area contributed by atoms with Crippen LogP contribution in [0.2, 0.25) is 0 Å². The zero-order valence-corrected chi connectivity index (χ0v) is 10.2. The number of carboxylic acid groups (broad SMARTS) is 1. The lowest BCUT2D eigenvalue weighted by Gasteiger charge is -2.20. The first-order valence-corrected chi connectivity index (χ1v) is 5.51. The van der Waals surface area contributed by atoms with Crippen LogP contribution < -0.4 is 5.32 Å². The number of nitrogens with zero attached hydrogens (tertiary/aromatic N) is 2. The number of nitrogens with one attached hydrogen (secondary N) is 1. The fourth-order valence-corrected chi connectivity index (χ4v) is 1.68. The Bertz CT molecular complexity index is 340. The quantitative estimate of drug-likeness (QED) is 0.849. The van der Waals surface area contributed by atoms with Crippen LogP contribution in [-0.4, -0.2) is 33.4 Å². The van der Waals surface area contributed by atoms with Crippen LogP contribution in [0.4, 0.5) is 0 Å². The number of hydrogen-bond donors (Lipinski definition) is 2. The van der Waals surface area contributed by atoms with Gasteiger partial charge in [0.05, 0.1) is 16.7 Å². The number of carboxylic acids is 1. The molecule has 0 saturated carbocycles. The molecule has 1 aromatic rings. The predicted molar refractivity (Wildman–Crippen MR) is 59.7 cm³/mol. The molecule has 0 aliphatic rings. The van der Waals surface area contributed by atoms with Crippen LogP contribution in [0.3, 0.4) is 0 Å². The number of halogens is 1. The lowest BCUT2D eigenvalue weighted by Crippen LogP contribution is -2.42. The van der Waals surface area contributed by atoms with Gasteiger partial charge in [0.15, 0.2) is 0 Å². The molecule has 6 heteroatoms. The van der Waals surface area contributed by atoms with Gasteiger partial charge >= 0.3 is 5.97 Å². The van der Waals surface area contributed by atoms with E-state index in [0.29, 0.717) is 6.54 Å². The Morgan fingerprint density at radius 1 is 1.80 bits per heavy atom. The number of aliphatic carboxylic acids is 1. The number of hydrogen-bond acceptors (Lipinski definition) is 3. The second kappa shape index (κ2) is 5.27. The molecule has 0 amide bonds. The Labute approximate surface area is 96.6 Å². The van der Waals surface area contributed by atoms with Crippen molar-refractivity contribution in [1.29, 1.82) is 0 Å². The van der Waals surface area contributed by atoms with E-state index in [1.807, 2.05) is 13.8 Å². The Hall–Kier alpha value is -0.880. The van der Waals surface area contributed by atoms with Crippen molar-refractivity contribution in [3.63, 3.8) is 0 Å². The Morgan fingerprint density at radius 3 is 2.87 bits per heavy atom. The highest BCUT2D eigenvalue weighted by Crippen LogP contribution is 2.14. The minimum Gasteiger partial charge on any atom is -0.480 e. The van der Waals surface area contributed by atoms with E-state index in [2.05, 4.69) is 26.3 Å². The molecule has 0 bridgehead atoms. The fourth-order valence-electron chi connectivity index (χ4n) is 1.37. The highest BCUT2D eigenvalue weighted by molar-refractivity contribution is 9.10. The zero-order valence-electron chi connectivity index (χ0n) is 8.64. The summed E-state index contributed by atoms with van der Waals surface area (Å²) in [5.41, 5.74) is 0. The van der Waals surface area contributed by atoms with Crippen molar-refractivity contribution in [2.45, 2.75) is 25.9 Å². The smallest absolute Gasteiger partial charge is 0.322 e. The van der Waals surface area contributed by atoms with E-state index in [9.17, 15) is 4.79 Å². The van der Waals surface area contributed by atoms with Gasteiger partial charge in [-0.15, -0.1) is 0 Å². The van der Waals surface area contributed by atoms with Gasteiger partial charge in [0, 0.05) is 6.20 Å². The monoisotopic (exact) mass is 275 g/mol. The Balaban J connectivity index is 2.80. The third-order valence-corrected chi connectivity index (χ3v) is 2.57. The predicted octanol–water partition coefficient (Wildman–Crippen LogP) is 1.27. The van der Waals surface area contributed by atoms with Crippen LogP contribution in [0.1, 0.15) is 19.9 Å². The summed E-state index contributed by atoms with van der Waals surface area (Å²) in [6.07, 6.45) is 3.40. The molecule has 0 spiro atoms. The second-order valence-corrected chi connectivity index (χ2v) is 4.17. The summed E-state index contributed by atoms with van der Waals surface area (Å²) >= 11 is 3.27.